The second kappa shape index (κ2) is 13.8. The van der Waals surface area contributed by atoms with Crippen molar-refractivity contribution in [2.75, 3.05) is 46.3 Å². The van der Waals surface area contributed by atoms with E-state index in [1.165, 1.54) is 0 Å². The number of aliphatic hydroxyl groups excluding tert-OH is 1. The molecule has 13 heteroatoms. The lowest BCUT2D eigenvalue weighted by Crippen LogP contribution is -2.65. The van der Waals surface area contributed by atoms with E-state index in [-0.39, 0.29) is 33.6 Å². The summed E-state index contributed by atoms with van der Waals surface area (Å²) in [6.07, 6.45) is 4.20. The molecule has 4 atom stereocenters. The van der Waals surface area contributed by atoms with Gasteiger partial charge in [-0.2, -0.15) is 0 Å². The van der Waals surface area contributed by atoms with E-state index in [2.05, 4.69) is 68.8 Å². The maximum absolute atomic E-state index is 15.3. The molecule has 3 aliphatic rings. The van der Waals surface area contributed by atoms with Crippen LogP contribution in [0.1, 0.15) is 105 Å². The summed E-state index contributed by atoms with van der Waals surface area (Å²) in [6.45, 7) is 15.3. The Balaban J connectivity index is 1.81. The van der Waals surface area contributed by atoms with Crippen LogP contribution in [0.3, 0.4) is 0 Å². The number of hydrogen-bond donors (Lipinski definition) is 1. The highest BCUT2D eigenvalue weighted by molar-refractivity contribution is 9.10. The van der Waals surface area contributed by atoms with Gasteiger partial charge in [0.15, 0.2) is 35.8 Å². The molecule has 0 unspecified atom stereocenters. The van der Waals surface area contributed by atoms with Crippen molar-refractivity contribution in [2.24, 2.45) is 11.8 Å². The molecule has 0 aliphatic heterocycles. The van der Waals surface area contributed by atoms with Gasteiger partial charge in [0.1, 0.15) is 17.1 Å². The average molecular weight is 762 g/mol. The Morgan fingerprint density at radius 2 is 1.67 bits per heavy atom. The van der Waals surface area contributed by atoms with Crippen LogP contribution >= 0.6 is 15.9 Å². The van der Waals surface area contributed by atoms with Crippen molar-refractivity contribution in [3.63, 3.8) is 0 Å². The first-order chi connectivity index (χ1) is 22.9. The zero-order valence-corrected chi connectivity index (χ0v) is 33.5. The summed E-state index contributed by atoms with van der Waals surface area (Å²) in [5.41, 5.74) is -0.369. The van der Waals surface area contributed by atoms with E-state index in [1.54, 1.807) is 0 Å². The standard InChI is InChI=1S/C36H53BrN4O7Si/c1-12-14-16-45-29-24-21(33(41(8)9)38-32(29)37)18-20-19-22-26(40(6)7)28-25(34(39-47-28)46-17-15-13-2)31(44)36(22,30(43)23(20)27(24)42)48-49(10,11)35(3,4)5/h20,22,26,43H,12-19H2,1-11H3/t20-,22-,26-,36-/m0/s1. The van der Waals surface area contributed by atoms with Gasteiger partial charge in [-0.25, -0.2) is 4.98 Å². The van der Waals surface area contributed by atoms with Crippen LogP contribution < -0.4 is 14.4 Å². The van der Waals surface area contributed by atoms with Gasteiger partial charge in [-0.3, -0.25) is 14.5 Å². The SMILES string of the molecule is CCCCOc1noc2c1C(=O)[C@@]1(O[Si](C)(C)C(C)(C)C)C(O)=C3C(=O)c4c(c(N(C)C)nc(Br)c4OCCCC)C[C@H]3C[C@H]1[C@@H]2N(C)C. The molecule has 49 heavy (non-hydrogen) atoms. The third-order valence-corrected chi connectivity index (χ3v) is 15.8. The average Bonchev–Trinajstić information content (AvgIpc) is 3.42. The predicted molar refractivity (Wildman–Crippen MR) is 195 cm³/mol. The van der Waals surface area contributed by atoms with E-state index in [0.29, 0.717) is 53.5 Å². The molecule has 2 heterocycles. The van der Waals surface area contributed by atoms with E-state index in [1.807, 2.05) is 38.0 Å². The summed E-state index contributed by atoms with van der Waals surface area (Å²) in [5, 5.41) is 16.7. The number of pyridine rings is 1. The Bertz CT molecular complexity index is 1650. The summed E-state index contributed by atoms with van der Waals surface area (Å²) < 4.78 is 25.9. The molecule has 5 rings (SSSR count). The molecule has 1 N–H and O–H groups in total. The number of allylic oxidation sites excluding steroid dienone is 1. The smallest absolute Gasteiger partial charge is 0.265 e. The number of fused-ring (bicyclic) bond motifs is 4. The number of hydrogen-bond acceptors (Lipinski definition) is 11. The van der Waals surface area contributed by atoms with Gasteiger partial charge in [0.05, 0.1) is 24.8 Å². The minimum atomic E-state index is -2.81. The number of rotatable bonds is 12. The van der Waals surface area contributed by atoms with Crippen LogP contribution in [0.25, 0.3) is 0 Å². The van der Waals surface area contributed by atoms with Crippen LogP contribution in [-0.4, -0.2) is 87.0 Å². The Morgan fingerprint density at radius 3 is 2.24 bits per heavy atom. The highest BCUT2D eigenvalue weighted by Gasteiger charge is 2.67. The van der Waals surface area contributed by atoms with Crippen LogP contribution in [0.5, 0.6) is 11.6 Å². The Hall–Kier alpha value is -2.74. The van der Waals surface area contributed by atoms with Crippen molar-refractivity contribution in [3.05, 3.63) is 38.4 Å². The van der Waals surface area contributed by atoms with Gasteiger partial charge >= 0.3 is 0 Å². The zero-order valence-electron chi connectivity index (χ0n) is 31.0. The van der Waals surface area contributed by atoms with Gasteiger partial charge in [-0.05, 0) is 84.9 Å². The molecule has 0 aromatic carbocycles. The van der Waals surface area contributed by atoms with Crippen molar-refractivity contribution >= 4 is 41.6 Å². The zero-order chi connectivity index (χ0) is 36.2. The number of carbonyl (C=O) groups excluding carboxylic acids is 2. The van der Waals surface area contributed by atoms with Crippen LogP contribution in [0.15, 0.2) is 20.5 Å². The first-order valence-electron chi connectivity index (χ1n) is 17.5. The molecule has 0 saturated carbocycles. The number of anilines is 1. The molecule has 0 saturated heterocycles. The van der Waals surface area contributed by atoms with Crippen molar-refractivity contribution < 1.29 is 33.1 Å². The number of unbranched alkanes of at least 4 members (excludes halogenated alkanes) is 2. The molecule has 11 nitrogen and oxygen atoms in total. The Kier molecular flexibility index (Phi) is 10.5. The lowest BCUT2D eigenvalue weighted by atomic mass is 9.58. The van der Waals surface area contributed by atoms with Crippen LogP contribution in [0.2, 0.25) is 18.1 Å². The van der Waals surface area contributed by atoms with Gasteiger partial charge in [0, 0.05) is 31.1 Å². The van der Waals surface area contributed by atoms with Gasteiger partial charge in [-0.1, -0.05) is 47.5 Å². The Morgan fingerprint density at radius 1 is 1.04 bits per heavy atom. The second-order valence-corrected chi connectivity index (χ2v) is 21.1. The van der Waals surface area contributed by atoms with E-state index in [9.17, 15) is 9.90 Å². The van der Waals surface area contributed by atoms with Crippen molar-refractivity contribution in [3.8, 4) is 11.6 Å². The summed E-state index contributed by atoms with van der Waals surface area (Å²) in [7, 11) is 4.82. The van der Waals surface area contributed by atoms with Crippen LogP contribution in [0.4, 0.5) is 5.82 Å². The molecule has 2 aromatic heterocycles. The minimum Gasteiger partial charge on any atom is -0.508 e. The summed E-state index contributed by atoms with van der Waals surface area (Å²) in [5.74, 6) is -0.683. The molecule has 0 radical (unpaired) electrons. The van der Waals surface area contributed by atoms with Crippen molar-refractivity contribution in [2.45, 2.75) is 103 Å². The van der Waals surface area contributed by atoms with E-state index in [0.717, 1.165) is 31.2 Å². The highest BCUT2D eigenvalue weighted by Crippen LogP contribution is 2.60. The molecule has 3 aliphatic carbocycles. The fourth-order valence-corrected chi connectivity index (χ4v) is 9.19. The molecular formula is C36H53BrN4O7Si. The number of ether oxygens (including phenoxy) is 2. The quantitative estimate of drug-likeness (QED) is 0.130. The fourth-order valence-electron chi connectivity index (χ4n) is 7.26. The molecular weight excluding hydrogens is 708 g/mol. The Labute approximate surface area is 300 Å². The first-order valence-corrected chi connectivity index (χ1v) is 21.2. The molecule has 0 bridgehead atoms. The highest BCUT2D eigenvalue weighted by atomic mass is 79.9. The fraction of sp³-hybridized carbons (Fsp3) is 0.667. The normalized spacial score (nSPS) is 23.7. The van der Waals surface area contributed by atoms with E-state index in [4.69, 9.17) is 23.4 Å². The second-order valence-electron chi connectivity index (χ2n) is 15.6. The monoisotopic (exact) mass is 760 g/mol. The number of aromatic nitrogens is 2. The van der Waals surface area contributed by atoms with Gasteiger partial charge in [0.2, 0.25) is 5.78 Å². The molecule has 2 aromatic rings. The number of ketones is 2. The molecule has 270 valence electrons. The molecule has 0 spiro atoms. The lowest BCUT2D eigenvalue weighted by molar-refractivity contribution is -0.0480. The molecule has 0 amide bonds. The maximum Gasteiger partial charge on any atom is 0.265 e. The maximum atomic E-state index is 15.3. The van der Waals surface area contributed by atoms with Crippen LogP contribution in [-0.2, 0) is 10.8 Å². The van der Waals surface area contributed by atoms with Gasteiger partial charge < -0.3 is 28.4 Å². The molecule has 0 fully saturated rings. The minimum absolute atomic E-state index is 0.0921. The number of aliphatic hydroxyl groups is 1. The third-order valence-electron chi connectivity index (χ3n) is 10.8. The first kappa shape index (κ1) is 37.5. The van der Waals surface area contributed by atoms with Gasteiger partial charge in [-0.15, -0.1) is 0 Å². The largest absolute Gasteiger partial charge is 0.508 e. The number of carbonyl (C=O) groups is 2. The van der Waals surface area contributed by atoms with Crippen molar-refractivity contribution in [1.82, 2.24) is 15.0 Å². The summed E-state index contributed by atoms with van der Waals surface area (Å²) >= 11 is 3.58. The van der Waals surface area contributed by atoms with E-state index >= 15 is 4.79 Å². The summed E-state index contributed by atoms with van der Waals surface area (Å²) in [4.78, 5) is 39.0. The van der Waals surface area contributed by atoms with Gasteiger partial charge in [0.25, 0.3) is 5.88 Å². The van der Waals surface area contributed by atoms with E-state index < -0.39 is 37.6 Å². The van der Waals surface area contributed by atoms with Crippen LogP contribution in [0, 0.1) is 11.8 Å². The predicted octanol–water partition coefficient (Wildman–Crippen LogP) is 7.70. The third kappa shape index (κ3) is 6.16. The lowest BCUT2D eigenvalue weighted by Gasteiger charge is -2.55. The topological polar surface area (TPSA) is 127 Å². The number of halogens is 1. The number of nitrogens with zero attached hydrogens (tertiary/aromatic N) is 4. The number of Topliss-reactive ketones (excluding diaryl/α,β-unsaturated/α-hetero) is 2. The van der Waals surface area contributed by atoms with Crippen molar-refractivity contribution in [1.29, 1.82) is 0 Å². The summed E-state index contributed by atoms with van der Waals surface area (Å²) in [6, 6.07) is -0.502.